The lowest BCUT2D eigenvalue weighted by atomic mass is 10.0. The van der Waals surface area contributed by atoms with Gasteiger partial charge in [-0.05, 0) is 12.3 Å². The maximum atomic E-state index is 3.83. The highest BCUT2D eigenvalue weighted by Gasteiger charge is 2.04. The predicted octanol–water partition coefficient (Wildman–Crippen LogP) is 2.58. The number of hydrogen-bond acceptors (Lipinski definition) is 0. The van der Waals surface area contributed by atoms with Gasteiger partial charge in [0.05, 0.1) is 0 Å². The quantitative estimate of drug-likeness (QED) is 0.479. The van der Waals surface area contributed by atoms with Crippen molar-refractivity contribution in [3.63, 3.8) is 0 Å². The number of aryl methyl sites for hydroxylation is 1. The van der Waals surface area contributed by atoms with Crippen LogP contribution in [0.25, 0.3) is 0 Å². The van der Waals surface area contributed by atoms with Gasteiger partial charge in [0.15, 0.2) is 12.4 Å². The molecule has 0 amide bonds. The maximum absolute atomic E-state index is 3.83. The van der Waals surface area contributed by atoms with Crippen molar-refractivity contribution in [2.45, 2.75) is 26.3 Å². The summed E-state index contributed by atoms with van der Waals surface area (Å²) in [6, 6.07) is 6.17. The van der Waals surface area contributed by atoms with E-state index in [1.807, 2.05) is 6.07 Å². The van der Waals surface area contributed by atoms with Crippen LogP contribution in [0.15, 0.2) is 43.2 Å². The molecule has 1 heteroatoms. The summed E-state index contributed by atoms with van der Waals surface area (Å²) in [5.41, 5.74) is 0. The van der Waals surface area contributed by atoms with E-state index in [2.05, 4.69) is 48.7 Å². The summed E-state index contributed by atoms with van der Waals surface area (Å²) in [4.78, 5) is 0. The lowest BCUT2D eigenvalue weighted by molar-refractivity contribution is -0.698. The van der Waals surface area contributed by atoms with Crippen LogP contribution in [0, 0.1) is 5.92 Å². The number of hydrogen-bond donors (Lipinski definition) is 0. The SMILES string of the molecule is C=CC(CC)CC[n+]1ccccc1. The lowest BCUT2D eigenvalue weighted by Crippen LogP contribution is -2.33. The van der Waals surface area contributed by atoms with Gasteiger partial charge >= 0.3 is 0 Å². The van der Waals surface area contributed by atoms with Gasteiger partial charge < -0.3 is 0 Å². The Hall–Kier alpha value is -1.11. The van der Waals surface area contributed by atoms with E-state index < -0.39 is 0 Å². The summed E-state index contributed by atoms with van der Waals surface area (Å²) in [5.74, 6) is 0.660. The third-order valence-corrected chi connectivity index (χ3v) is 2.39. The average molecular weight is 176 g/mol. The van der Waals surface area contributed by atoms with Crippen LogP contribution in [0.2, 0.25) is 0 Å². The molecule has 0 aliphatic heterocycles. The van der Waals surface area contributed by atoms with Crippen LogP contribution in [0.1, 0.15) is 19.8 Å². The molecule has 0 aliphatic rings. The standard InChI is InChI=1S/C12H18N/c1-3-12(4-2)8-11-13-9-6-5-7-10-13/h3,5-7,9-10,12H,1,4,8,11H2,2H3/q+1. The van der Waals surface area contributed by atoms with Crippen molar-refractivity contribution in [3.05, 3.63) is 43.2 Å². The van der Waals surface area contributed by atoms with Crippen molar-refractivity contribution >= 4 is 0 Å². The van der Waals surface area contributed by atoms with E-state index in [0.717, 1.165) is 6.54 Å². The molecule has 0 aliphatic carbocycles. The summed E-state index contributed by atoms with van der Waals surface area (Å²) in [7, 11) is 0. The number of pyridine rings is 1. The van der Waals surface area contributed by atoms with Gasteiger partial charge in [-0.1, -0.05) is 19.1 Å². The molecular formula is C12H18N+. The largest absolute Gasteiger partial charge is 0.205 e. The van der Waals surface area contributed by atoms with Crippen molar-refractivity contribution in [3.8, 4) is 0 Å². The molecule has 0 radical (unpaired) electrons. The zero-order valence-corrected chi connectivity index (χ0v) is 8.32. The molecule has 1 unspecified atom stereocenters. The van der Waals surface area contributed by atoms with E-state index in [1.165, 1.54) is 12.8 Å². The first-order chi connectivity index (χ1) is 6.36. The molecule has 1 atom stereocenters. The number of allylic oxidation sites excluding steroid dienone is 1. The van der Waals surface area contributed by atoms with Gasteiger partial charge in [-0.25, -0.2) is 4.57 Å². The Balaban J connectivity index is 2.38. The van der Waals surface area contributed by atoms with Crippen molar-refractivity contribution < 1.29 is 4.57 Å². The average Bonchev–Trinajstić information content (AvgIpc) is 2.21. The second kappa shape index (κ2) is 5.52. The molecule has 13 heavy (non-hydrogen) atoms. The highest BCUT2D eigenvalue weighted by molar-refractivity contribution is 4.83. The summed E-state index contributed by atoms with van der Waals surface area (Å²) in [6.07, 6.45) is 8.65. The van der Waals surface area contributed by atoms with E-state index in [-0.39, 0.29) is 0 Å². The van der Waals surface area contributed by atoms with Gasteiger partial charge in [0.25, 0.3) is 0 Å². The molecule has 1 rings (SSSR count). The van der Waals surface area contributed by atoms with E-state index in [1.54, 1.807) is 0 Å². The molecule has 0 bridgehead atoms. The monoisotopic (exact) mass is 176 g/mol. The van der Waals surface area contributed by atoms with Gasteiger partial charge in [0.1, 0.15) is 6.54 Å². The molecule has 70 valence electrons. The summed E-state index contributed by atoms with van der Waals surface area (Å²) >= 11 is 0. The highest BCUT2D eigenvalue weighted by Crippen LogP contribution is 2.07. The first-order valence-corrected chi connectivity index (χ1v) is 4.93. The summed E-state index contributed by atoms with van der Waals surface area (Å²) in [5, 5.41) is 0. The van der Waals surface area contributed by atoms with Crippen molar-refractivity contribution in [2.24, 2.45) is 5.92 Å². The van der Waals surface area contributed by atoms with Crippen molar-refractivity contribution in [2.75, 3.05) is 0 Å². The molecule has 1 heterocycles. The molecule has 0 saturated carbocycles. The third-order valence-electron chi connectivity index (χ3n) is 2.39. The molecule has 1 nitrogen and oxygen atoms in total. The predicted molar refractivity (Wildman–Crippen MR) is 55.2 cm³/mol. The minimum Gasteiger partial charge on any atom is -0.205 e. The first kappa shape index (κ1) is 9.97. The molecule has 1 aromatic heterocycles. The second-order valence-electron chi connectivity index (χ2n) is 3.31. The summed E-state index contributed by atoms with van der Waals surface area (Å²) < 4.78 is 2.21. The van der Waals surface area contributed by atoms with Crippen molar-refractivity contribution in [1.29, 1.82) is 0 Å². The third kappa shape index (κ3) is 3.41. The van der Waals surface area contributed by atoms with Gasteiger partial charge in [0, 0.05) is 18.6 Å². The Kier molecular flexibility index (Phi) is 4.24. The number of nitrogens with zero attached hydrogens (tertiary/aromatic N) is 1. The van der Waals surface area contributed by atoms with E-state index in [4.69, 9.17) is 0 Å². The van der Waals surface area contributed by atoms with Gasteiger partial charge in [-0.15, -0.1) is 6.58 Å². The van der Waals surface area contributed by atoms with Gasteiger partial charge in [0.2, 0.25) is 0 Å². The zero-order chi connectivity index (χ0) is 9.52. The maximum Gasteiger partial charge on any atom is 0.168 e. The topological polar surface area (TPSA) is 3.88 Å². The van der Waals surface area contributed by atoms with Crippen LogP contribution < -0.4 is 4.57 Å². The lowest BCUT2D eigenvalue weighted by Gasteiger charge is -2.05. The van der Waals surface area contributed by atoms with E-state index in [9.17, 15) is 0 Å². The smallest absolute Gasteiger partial charge is 0.168 e. The molecule has 0 saturated heterocycles. The Morgan fingerprint density at radius 2 is 2.00 bits per heavy atom. The molecule has 0 spiro atoms. The molecule has 0 N–H and O–H groups in total. The molecule has 1 aromatic rings. The van der Waals surface area contributed by atoms with Crippen LogP contribution in [-0.2, 0) is 6.54 Å². The second-order valence-corrected chi connectivity index (χ2v) is 3.31. The minimum atomic E-state index is 0.660. The fourth-order valence-corrected chi connectivity index (χ4v) is 1.39. The molecular weight excluding hydrogens is 158 g/mol. The first-order valence-electron chi connectivity index (χ1n) is 4.93. The van der Waals surface area contributed by atoms with Gasteiger partial charge in [-0.2, -0.15) is 0 Å². The minimum absolute atomic E-state index is 0.660. The Morgan fingerprint density at radius 3 is 2.54 bits per heavy atom. The Bertz CT molecular complexity index is 241. The van der Waals surface area contributed by atoms with E-state index >= 15 is 0 Å². The van der Waals surface area contributed by atoms with E-state index in [0.29, 0.717) is 5.92 Å². The fraction of sp³-hybridized carbons (Fsp3) is 0.417. The Labute approximate surface area is 80.7 Å². The normalized spacial score (nSPS) is 12.4. The van der Waals surface area contributed by atoms with Crippen LogP contribution in [0.3, 0.4) is 0 Å². The fourth-order valence-electron chi connectivity index (χ4n) is 1.39. The van der Waals surface area contributed by atoms with Crippen LogP contribution >= 0.6 is 0 Å². The van der Waals surface area contributed by atoms with Crippen LogP contribution in [0.4, 0.5) is 0 Å². The van der Waals surface area contributed by atoms with Crippen LogP contribution in [-0.4, -0.2) is 0 Å². The number of rotatable bonds is 5. The highest BCUT2D eigenvalue weighted by atomic mass is 14.9. The number of aromatic nitrogens is 1. The Morgan fingerprint density at radius 1 is 1.31 bits per heavy atom. The molecule has 0 aromatic carbocycles. The zero-order valence-electron chi connectivity index (χ0n) is 8.32. The van der Waals surface area contributed by atoms with Gasteiger partial charge in [-0.3, -0.25) is 0 Å². The van der Waals surface area contributed by atoms with Crippen molar-refractivity contribution in [1.82, 2.24) is 0 Å². The summed E-state index contributed by atoms with van der Waals surface area (Å²) in [6.45, 7) is 7.13. The van der Waals surface area contributed by atoms with Crippen LogP contribution in [0.5, 0.6) is 0 Å². The molecule has 0 fully saturated rings.